The van der Waals surface area contributed by atoms with Crippen LogP contribution in [0.1, 0.15) is 44.2 Å². The Labute approximate surface area is 212 Å². The van der Waals surface area contributed by atoms with Crippen LogP contribution in [0.25, 0.3) is 33.4 Å². The van der Waals surface area contributed by atoms with E-state index in [2.05, 4.69) is 61.4 Å². The quantitative estimate of drug-likeness (QED) is 0.190. The summed E-state index contributed by atoms with van der Waals surface area (Å²) in [4.78, 5) is 15.3. The van der Waals surface area contributed by atoms with Crippen LogP contribution in [-0.4, -0.2) is 30.8 Å². The third-order valence-corrected chi connectivity index (χ3v) is 6.28. The highest BCUT2D eigenvalue weighted by atomic mass is 16.5. The lowest BCUT2D eigenvalue weighted by Crippen LogP contribution is -2.09. The Morgan fingerprint density at radius 1 is 1.03 bits per heavy atom. The summed E-state index contributed by atoms with van der Waals surface area (Å²) >= 11 is 0. The minimum atomic E-state index is -0.771. The molecule has 2 aromatic rings. The fourth-order valence-corrected chi connectivity index (χ4v) is 4.51. The van der Waals surface area contributed by atoms with Gasteiger partial charge in [-0.1, -0.05) is 12.1 Å². The van der Waals surface area contributed by atoms with Crippen molar-refractivity contribution >= 4 is 22.6 Å². The lowest BCUT2D eigenvalue weighted by molar-refractivity contribution is -0.137. The van der Waals surface area contributed by atoms with E-state index >= 15 is 0 Å². The van der Waals surface area contributed by atoms with Gasteiger partial charge in [-0.2, -0.15) is 0 Å². The van der Waals surface area contributed by atoms with Gasteiger partial charge in [-0.05, 0) is 81.5 Å². The molecule has 0 amide bonds. The highest BCUT2D eigenvalue weighted by Crippen LogP contribution is 2.42. The summed E-state index contributed by atoms with van der Waals surface area (Å²) in [6.45, 7) is 10.4. The monoisotopic (exact) mass is 486 g/mol. The van der Waals surface area contributed by atoms with Gasteiger partial charge in [0.25, 0.3) is 0 Å². The van der Waals surface area contributed by atoms with Gasteiger partial charge >= 0.3 is 5.97 Å². The number of carbonyl (C=O) groups is 1. The maximum Gasteiger partial charge on any atom is 0.303 e. The molecule has 1 aliphatic carbocycles. The number of carboxylic acid groups (broad SMARTS) is 1. The number of aliphatic carboxylic acids is 1. The molecule has 0 unspecified atom stereocenters. The van der Waals surface area contributed by atoms with Gasteiger partial charge in [0.15, 0.2) is 0 Å². The van der Waals surface area contributed by atoms with Crippen LogP contribution in [0.15, 0.2) is 57.9 Å². The zero-order chi connectivity index (χ0) is 25.7. The standard InChI is InChI=1S/C30H34N2O4/c1-5-31-25-17-27-23(15-19(25)3)30(24-16-20(4)26(32-6-2)18-28(24)36-27)21-10-12-22(13-11-21)35-14-8-7-9-29(33)34/h10-13,15-18,31H,5-9,14H2,1-4H3,(H,33,34)/b32-26-. The minimum absolute atomic E-state index is 0.170. The van der Waals surface area contributed by atoms with Crippen LogP contribution < -0.4 is 15.4 Å². The van der Waals surface area contributed by atoms with E-state index < -0.39 is 5.97 Å². The van der Waals surface area contributed by atoms with Crippen molar-refractivity contribution in [3.8, 4) is 28.2 Å². The van der Waals surface area contributed by atoms with Gasteiger partial charge in [-0.15, -0.1) is 0 Å². The van der Waals surface area contributed by atoms with Gasteiger partial charge in [0.2, 0.25) is 0 Å². The first-order valence-electron chi connectivity index (χ1n) is 12.6. The Bertz CT molecular complexity index is 1400. The molecule has 188 valence electrons. The Kier molecular flexibility index (Phi) is 7.93. The maximum absolute atomic E-state index is 10.7. The SMILES string of the molecule is CC/N=c1/cc2oc3cc(NCC)c(C)cc3c(-c3ccc(OCCCCC(=O)O)cc3)c-2cc1C. The van der Waals surface area contributed by atoms with E-state index in [1.54, 1.807) is 0 Å². The number of hydrogen-bond donors (Lipinski definition) is 2. The smallest absolute Gasteiger partial charge is 0.303 e. The second-order valence-corrected chi connectivity index (χ2v) is 9.00. The fraction of sp³-hybridized carbons (Fsp3) is 0.333. The average Bonchev–Trinajstić information content (AvgIpc) is 2.85. The van der Waals surface area contributed by atoms with Crippen LogP contribution in [0, 0.1) is 13.8 Å². The van der Waals surface area contributed by atoms with Gasteiger partial charge in [-0.25, -0.2) is 0 Å². The van der Waals surface area contributed by atoms with E-state index in [0.717, 1.165) is 67.9 Å². The van der Waals surface area contributed by atoms with Crippen molar-refractivity contribution in [1.29, 1.82) is 0 Å². The number of carboxylic acids is 1. The lowest BCUT2D eigenvalue weighted by Gasteiger charge is -2.18. The van der Waals surface area contributed by atoms with E-state index in [4.69, 9.17) is 14.3 Å². The second-order valence-electron chi connectivity index (χ2n) is 9.00. The van der Waals surface area contributed by atoms with E-state index in [1.807, 2.05) is 25.1 Å². The molecule has 0 fully saturated rings. The molecule has 0 bridgehead atoms. The molecule has 2 aliphatic rings. The van der Waals surface area contributed by atoms with Crippen molar-refractivity contribution in [1.82, 2.24) is 0 Å². The van der Waals surface area contributed by atoms with Crippen LogP contribution in [0.3, 0.4) is 0 Å². The summed E-state index contributed by atoms with van der Waals surface area (Å²) in [6.07, 6.45) is 1.49. The Morgan fingerprint density at radius 3 is 2.50 bits per heavy atom. The summed E-state index contributed by atoms with van der Waals surface area (Å²) in [7, 11) is 0. The molecular weight excluding hydrogens is 452 g/mol. The summed E-state index contributed by atoms with van der Waals surface area (Å²) in [5, 5.41) is 14.2. The minimum Gasteiger partial charge on any atom is -0.494 e. The molecule has 1 aliphatic heterocycles. The Hall–Kier alpha value is -3.80. The number of nitrogens with one attached hydrogen (secondary N) is 1. The number of benzene rings is 3. The number of nitrogens with zero attached hydrogens (tertiary/aromatic N) is 1. The summed E-state index contributed by atoms with van der Waals surface area (Å²) in [6, 6.07) is 16.6. The van der Waals surface area contributed by atoms with Crippen LogP contribution in [0.4, 0.5) is 5.69 Å². The first kappa shape index (κ1) is 25.3. The van der Waals surface area contributed by atoms with Crippen LogP contribution in [0.5, 0.6) is 5.75 Å². The van der Waals surface area contributed by atoms with Gasteiger partial charge in [-0.3, -0.25) is 9.79 Å². The highest BCUT2D eigenvalue weighted by molar-refractivity contribution is 6.03. The van der Waals surface area contributed by atoms with Crippen molar-refractivity contribution < 1.29 is 19.1 Å². The van der Waals surface area contributed by atoms with Gasteiger partial charge in [0.1, 0.15) is 17.1 Å². The van der Waals surface area contributed by atoms with E-state index in [9.17, 15) is 4.79 Å². The topological polar surface area (TPSA) is 84.1 Å². The molecule has 1 heterocycles. The molecule has 0 saturated heterocycles. The second kappa shape index (κ2) is 11.3. The van der Waals surface area contributed by atoms with E-state index in [0.29, 0.717) is 26.0 Å². The number of aryl methyl sites for hydroxylation is 2. The van der Waals surface area contributed by atoms with Gasteiger partial charge in [0, 0.05) is 53.8 Å². The third-order valence-electron chi connectivity index (χ3n) is 6.28. The number of rotatable bonds is 10. The van der Waals surface area contributed by atoms with Crippen molar-refractivity contribution in [3.63, 3.8) is 0 Å². The molecule has 0 spiro atoms. The summed E-state index contributed by atoms with van der Waals surface area (Å²) in [5.41, 5.74) is 7.41. The number of unbranched alkanes of at least 4 members (excludes halogenated alkanes) is 1. The number of hydrogen-bond acceptors (Lipinski definition) is 5. The molecule has 4 rings (SSSR count). The van der Waals surface area contributed by atoms with Gasteiger partial charge in [0.05, 0.1) is 12.0 Å². The molecule has 6 heteroatoms. The van der Waals surface area contributed by atoms with Crippen LogP contribution in [0.2, 0.25) is 0 Å². The molecule has 0 saturated carbocycles. The van der Waals surface area contributed by atoms with E-state index in [1.165, 1.54) is 0 Å². The molecule has 36 heavy (non-hydrogen) atoms. The van der Waals surface area contributed by atoms with Crippen molar-refractivity contribution in [2.45, 2.75) is 47.0 Å². The summed E-state index contributed by atoms with van der Waals surface area (Å²) < 4.78 is 12.3. The fourth-order valence-electron chi connectivity index (χ4n) is 4.51. The van der Waals surface area contributed by atoms with Crippen LogP contribution >= 0.6 is 0 Å². The Morgan fingerprint density at radius 2 is 1.81 bits per heavy atom. The summed E-state index contributed by atoms with van der Waals surface area (Å²) in [5.74, 6) is 0.807. The third kappa shape index (κ3) is 5.54. The lowest BCUT2D eigenvalue weighted by atomic mass is 9.91. The number of ether oxygens (including phenoxy) is 1. The Balaban J connectivity index is 1.79. The first-order chi connectivity index (χ1) is 17.4. The first-order valence-corrected chi connectivity index (χ1v) is 12.6. The molecule has 6 nitrogen and oxygen atoms in total. The molecular formula is C30H34N2O4. The molecule has 0 aromatic heterocycles. The van der Waals surface area contributed by atoms with Crippen molar-refractivity contribution in [3.05, 3.63) is 65.0 Å². The van der Waals surface area contributed by atoms with Crippen molar-refractivity contribution in [2.24, 2.45) is 4.99 Å². The molecule has 2 aromatic carbocycles. The number of fused-ring (bicyclic) bond motifs is 2. The van der Waals surface area contributed by atoms with Crippen LogP contribution in [-0.2, 0) is 4.79 Å². The zero-order valence-corrected chi connectivity index (χ0v) is 21.5. The molecule has 0 radical (unpaired) electrons. The maximum atomic E-state index is 10.7. The normalized spacial score (nSPS) is 11.8. The highest BCUT2D eigenvalue weighted by Gasteiger charge is 2.19. The largest absolute Gasteiger partial charge is 0.494 e. The molecule has 0 atom stereocenters. The predicted octanol–water partition coefficient (Wildman–Crippen LogP) is 6.81. The number of anilines is 1. The predicted molar refractivity (Wildman–Crippen MR) is 145 cm³/mol. The average molecular weight is 487 g/mol. The molecule has 2 N–H and O–H groups in total. The zero-order valence-electron chi connectivity index (χ0n) is 21.5. The van der Waals surface area contributed by atoms with Gasteiger partial charge < -0.3 is 19.6 Å². The van der Waals surface area contributed by atoms with Crippen molar-refractivity contribution in [2.75, 3.05) is 25.0 Å². The van der Waals surface area contributed by atoms with E-state index in [-0.39, 0.29) is 6.42 Å².